The number of ether oxygens (including phenoxy) is 1. The van der Waals surface area contributed by atoms with Gasteiger partial charge in [0.05, 0.1) is 6.10 Å². The van der Waals surface area contributed by atoms with E-state index in [1.54, 1.807) is 13.0 Å². The summed E-state index contributed by atoms with van der Waals surface area (Å²) in [4.78, 5) is 0. The van der Waals surface area contributed by atoms with E-state index >= 15 is 0 Å². The molecule has 0 heterocycles. The molecule has 3 heteroatoms. The fourth-order valence-corrected chi connectivity index (χ4v) is 1.13. The summed E-state index contributed by atoms with van der Waals surface area (Å²) >= 11 is 0. The Labute approximate surface area is 88.7 Å². The van der Waals surface area contributed by atoms with Gasteiger partial charge < -0.3 is 9.84 Å². The maximum atomic E-state index is 13.3. The Kier molecular flexibility index (Phi) is 4.14. The molecule has 80 valence electrons. The molecule has 0 aliphatic rings. The van der Waals surface area contributed by atoms with Crippen molar-refractivity contribution in [3.8, 4) is 17.6 Å². The number of benzene rings is 1. The first-order valence-electron chi connectivity index (χ1n) is 4.65. The molecule has 1 atom stereocenters. The van der Waals surface area contributed by atoms with E-state index in [4.69, 9.17) is 4.74 Å². The smallest absolute Gasteiger partial charge is 0.149 e. The highest BCUT2D eigenvalue weighted by Crippen LogP contribution is 2.21. The predicted octanol–water partition coefficient (Wildman–Crippen LogP) is 2.28. The average molecular weight is 208 g/mol. The fraction of sp³-hybridized carbons (Fsp3) is 0.333. The maximum absolute atomic E-state index is 13.3. The average Bonchev–Trinajstić information content (AvgIpc) is 2.17. The molecule has 0 spiro atoms. The summed E-state index contributed by atoms with van der Waals surface area (Å²) in [5.74, 6) is 5.33. The molecular weight excluding hydrogens is 195 g/mol. The van der Waals surface area contributed by atoms with Crippen molar-refractivity contribution in [2.75, 3.05) is 6.61 Å². The van der Waals surface area contributed by atoms with Gasteiger partial charge in [-0.2, -0.15) is 0 Å². The van der Waals surface area contributed by atoms with E-state index in [1.165, 1.54) is 19.1 Å². The number of halogens is 1. The zero-order valence-electron chi connectivity index (χ0n) is 8.75. The van der Waals surface area contributed by atoms with Gasteiger partial charge in [-0.3, -0.25) is 0 Å². The Hall–Kier alpha value is -1.53. The minimum absolute atomic E-state index is 0.240. The third-order valence-corrected chi connectivity index (χ3v) is 1.91. The van der Waals surface area contributed by atoms with Crippen LogP contribution in [0.2, 0.25) is 0 Å². The van der Waals surface area contributed by atoms with E-state index in [0.29, 0.717) is 5.75 Å². The topological polar surface area (TPSA) is 29.5 Å². The SMILES string of the molecule is CC#CCOc1ccc([C@H](C)O)c(F)c1. The van der Waals surface area contributed by atoms with Crippen LogP contribution in [0.25, 0.3) is 0 Å². The van der Waals surface area contributed by atoms with Crippen molar-refractivity contribution in [3.63, 3.8) is 0 Å². The molecule has 0 aromatic heterocycles. The van der Waals surface area contributed by atoms with Crippen LogP contribution in [0.5, 0.6) is 5.75 Å². The molecule has 0 aliphatic carbocycles. The Morgan fingerprint density at radius 1 is 1.53 bits per heavy atom. The summed E-state index contributed by atoms with van der Waals surface area (Å²) in [7, 11) is 0. The molecule has 2 nitrogen and oxygen atoms in total. The van der Waals surface area contributed by atoms with Gasteiger partial charge in [0.15, 0.2) is 0 Å². The third kappa shape index (κ3) is 3.26. The van der Waals surface area contributed by atoms with E-state index in [2.05, 4.69) is 11.8 Å². The monoisotopic (exact) mass is 208 g/mol. The minimum Gasteiger partial charge on any atom is -0.481 e. The van der Waals surface area contributed by atoms with Gasteiger partial charge in [-0.1, -0.05) is 5.92 Å². The Morgan fingerprint density at radius 3 is 2.80 bits per heavy atom. The van der Waals surface area contributed by atoms with Crippen LogP contribution in [0, 0.1) is 17.7 Å². The largest absolute Gasteiger partial charge is 0.481 e. The standard InChI is InChI=1S/C12H13FO2/c1-3-4-7-15-10-5-6-11(9(2)14)12(13)8-10/h5-6,8-9,14H,7H2,1-2H3/t9-/m0/s1. The second-order valence-electron chi connectivity index (χ2n) is 3.07. The molecule has 0 fully saturated rings. The number of aliphatic hydroxyl groups excluding tert-OH is 1. The molecular formula is C12H13FO2. The van der Waals surface area contributed by atoms with Crippen molar-refractivity contribution in [2.45, 2.75) is 20.0 Å². The van der Waals surface area contributed by atoms with Crippen LogP contribution >= 0.6 is 0 Å². The molecule has 0 saturated heterocycles. The Bertz CT molecular complexity index is 388. The van der Waals surface area contributed by atoms with Crippen LogP contribution in [-0.2, 0) is 0 Å². The Balaban J connectivity index is 2.76. The maximum Gasteiger partial charge on any atom is 0.149 e. The van der Waals surface area contributed by atoms with E-state index in [-0.39, 0.29) is 12.2 Å². The first kappa shape index (κ1) is 11.5. The van der Waals surface area contributed by atoms with Crippen molar-refractivity contribution < 1.29 is 14.2 Å². The van der Waals surface area contributed by atoms with Crippen molar-refractivity contribution in [1.82, 2.24) is 0 Å². The molecule has 1 aromatic rings. The molecule has 0 aliphatic heterocycles. The van der Waals surface area contributed by atoms with Gasteiger partial charge in [0.25, 0.3) is 0 Å². The summed E-state index contributed by atoms with van der Waals surface area (Å²) in [6, 6.07) is 4.37. The lowest BCUT2D eigenvalue weighted by Crippen LogP contribution is -1.98. The highest BCUT2D eigenvalue weighted by molar-refractivity contribution is 5.30. The zero-order chi connectivity index (χ0) is 11.3. The highest BCUT2D eigenvalue weighted by Gasteiger charge is 2.08. The van der Waals surface area contributed by atoms with Gasteiger partial charge in [-0.25, -0.2) is 4.39 Å². The van der Waals surface area contributed by atoms with Crippen molar-refractivity contribution in [2.24, 2.45) is 0 Å². The van der Waals surface area contributed by atoms with Gasteiger partial charge in [0.1, 0.15) is 18.2 Å². The molecule has 1 rings (SSSR count). The van der Waals surface area contributed by atoms with Gasteiger partial charge in [-0.15, -0.1) is 5.92 Å². The minimum atomic E-state index is -0.811. The zero-order valence-corrected chi connectivity index (χ0v) is 8.75. The fourth-order valence-electron chi connectivity index (χ4n) is 1.13. The lowest BCUT2D eigenvalue weighted by Gasteiger charge is -2.08. The van der Waals surface area contributed by atoms with Crippen LogP contribution in [0.1, 0.15) is 25.5 Å². The summed E-state index contributed by atoms with van der Waals surface area (Å²) in [5, 5.41) is 9.21. The van der Waals surface area contributed by atoms with Gasteiger partial charge in [-0.05, 0) is 26.0 Å². The molecule has 0 saturated carbocycles. The van der Waals surface area contributed by atoms with E-state index in [1.807, 2.05) is 0 Å². The Morgan fingerprint density at radius 2 is 2.27 bits per heavy atom. The number of rotatable bonds is 3. The second kappa shape index (κ2) is 5.38. The van der Waals surface area contributed by atoms with Crippen molar-refractivity contribution in [1.29, 1.82) is 0 Å². The summed E-state index contributed by atoms with van der Waals surface area (Å²) in [5.41, 5.74) is 0.268. The van der Waals surface area contributed by atoms with Crippen LogP contribution in [0.4, 0.5) is 4.39 Å². The molecule has 0 radical (unpaired) electrons. The summed E-state index contributed by atoms with van der Waals surface area (Å²) < 4.78 is 18.5. The van der Waals surface area contributed by atoms with Crippen LogP contribution < -0.4 is 4.74 Å². The molecule has 0 amide bonds. The van der Waals surface area contributed by atoms with Crippen LogP contribution in [0.15, 0.2) is 18.2 Å². The highest BCUT2D eigenvalue weighted by atomic mass is 19.1. The van der Waals surface area contributed by atoms with E-state index in [9.17, 15) is 9.50 Å². The summed E-state index contributed by atoms with van der Waals surface area (Å²) in [6.07, 6.45) is -0.811. The van der Waals surface area contributed by atoms with E-state index < -0.39 is 11.9 Å². The molecule has 0 bridgehead atoms. The molecule has 15 heavy (non-hydrogen) atoms. The lowest BCUT2D eigenvalue weighted by atomic mass is 10.1. The molecule has 1 aromatic carbocycles. The molecule has 0 unspecified atom stereocenters. The second-order valence-corrected chi connectivity index (χ2v) is 3.07. The first-order chi connectivity index (χ1) is 7.15. The van der Waals surface area contributed by atoms with Crippen molar-refractivity contribution >= 4 is 0 Å². The molecule has 1 N–H and O–H groups in total. The van der Waals surface area contributed by atoms with Gasteiger partial charge >= 0.3 is 0 Å². The van der Waals surface area contributed by atoms with Gasteiger partial charge in [0.2, 0.25) is 0 Å². The number of hydrogen-bond acceptors (Lipinski definition) is 2. The van der Waals surface area contributed by atoms with Crippen LogP contribution in [0.3, 0.4) is 0 Å². The van der Waals surface area contributed by atoms with E-state index in [0.717, 1.165) is 0 Å². The van der Waals surface area contributed by atoms with Gasteiger partial charge in [0, 0.05) is 11.6 Å². The van der Waals surface area contributed by atoms with Crippen molar-refractivity contribution in [3.05, 3.63) is 29.6 Å². The van der Waals surface area contributed by atoms with Crippen LogP contribution in [-0.4, -0.2) is 11.7 Å². The summed E-state index contributed by atoms with van der Waals surface area (Å²) in [6.45, 7) is 3.46. The third-order valence-electron chi connectivity index (χ3n) is 1.91. The number of hydrogen-bond donors (Lipinski definition) is 1. The predicted molar refractivity (Wildman–Crippen MR) is 56.0 cm³/mol. The quantitative estimate of drug-likeness (QED) is 0.772. The normalized spacial score (nSPS) is 11.5. The first-order valence-corrected chi connectivity index (χ1v) is 4.65. The number of aliphatic hydroxyl groups is 1. The lowest BCUT2D eigenvalue weighted by molar-refractivity contribution is 0.194.